The lowest BCUT2D eigenvalue weighted by molar-refractivity contribution is -0.137. The molecule has 0 bridgehead atoms. The Morgan fingerprint density at radius 3 is 2.62 bits per heavy atom. The molecule has 1 heterocycles. The lowest BCUT2D eigenvalue weighted by atomic mass is 10.1. The van der Waals surface area contributed by atoms with E-state index in [0.29, 0.717) is 36.0 Å². The lowest BCUT2D eigenvalue weighted by Gasteiger charge is -2.10. The zero-order valence-corrected chi connectivity index (χ0v) is 18.3. The first kappa shape index (κ1) is 22.8. The summed E-state index contributed by atoms with van der Waals surface area (Å²) in [6.45, 7) is 5.55. The van der Waals surface area contributed by atoms with Crippen molar-refractivity contribution in [3.63, 3.8) is 0 Å². The number of hydrogen-bond acceptors (Lipinski definition) is 7. The number of oxazole rings is 1. The molecule has 0 unspecified atom stereocenters. The molecule has 0 amide bonds. The molecular formula is C25H25NO6. The molecule has 0 radical (unpaired) electrons. The molecule has 166 valence electrons. The Morgan fingerprint density at radius 1 is 1.12 bits per heavy atom. The number of esters is 2. The van der Waals surface area contributed by atoms with Crippen LogP contribution >= 0.6 is 0 Å². The van der Waals surface area contributed by atoms with Crippen LogP contribution in [0.4, 0.5) is 0 Å². The van der Waals surface area contributed by atoms with Crippen LogP contribution in [0.3, 0.4) is 0 Å². The number of carbonyl (C=O) groups is 2. The number of rotatable bonds is 9. The smallest absolute Gasteiger partial charge is 0.330 e. The van der Waals surface area contributed by atoms with Gasteiger partial charge in [-0.2, -0.15) is 0 Å². The fourth-order valence-corrected chi connectivity index (χ4v) is 2.96. The van der Waals surface area contributed by atoms with Crippen molar-refractivity contribution in [1.82, 2.24) is 4.98 Å². The van der Waals surface area contributed by atoms with Gasteiger partial charge in [0.15, 0.2) is 0 Å². The van der Waals surface area contributed by atoms with E-state index < -0.39 is 11.9 Å². The normalized spacial score (nSPS) is 10.8. The molecule has 7 heteroatoms. The number of hydrogen-bond donors (Lipinski definition) is 0. The number of carbonyl (C=O) groups excluding carboxylic acids is 2. The molecule has 0 atom stereocenters. The van der Waals surface area contributed by atoms with E-state index in [4.69, 9.17) is 18.6 Å². The maximum Gasteiger partial charge on any atom is 0.330 e. The number of aryl methyl sites for hydroxylation is 1. The summed E-state index contributed by atoms with van der Waals surface area (Å²) < 4.78 is 21.7. The third-order valence-corrected chi connectivity index (χ3v) is 4.45. The number of aromatic nitrogens is 1. The van der Waals surface area contributed by atoms with E-state index in [-0.39, 0.29) is 6.61 Å². The summed E-state index contributed by atoms with van der Waals surface area (Å²) in [6.07, 6.45) is 3.36. The van der Waals surface area contributed by atoms with Gasteiger partial charge in [-0.1, -0.05) is 18.2 Å². The van der Waals surface area contributed by atoms with Gasteiger partial charge in [-0.15, -0.1) is 0 Å². The van der Waals surface area contributed by atoms with E-state index in [9.17, 15) is 9.59 Å². The summed E-state index contributed by atoms with van der Waals surface area (Å²) in [5, 5.41) is 0. The Hall–Kier alpha value is -3.87. The van der Waals surface area contributed by atoms with Gasteiger partial charge in [0.25, 0.3) is 0 Å². The van der Waals surface area contributed by atoms with E-state index in [1.54, 1.807) is 25.1 Å². The SMILES string of the molecule is CCOC(=O)C=Cc1ccc(OCCc2nc(-c3ccccc3)oc2C)cc1OC(C)=O. The van der Waals surface area contributed by atoms with Crippen LogP contribution in [0.15, 0.2) is 59.0 Å². The fourth-order valence-electron chi connectivity index (χ4n) is 2.96. The quantitative estimate of drug-likeness (QED) is 0.272. The number of ether oxygens (including phenoxy) is 3. The van der Waals surface area contributed by atoms with Gasteiger partial charge in [0, 0.05) is 36.6 Å². The van der Waals surface area contributed by atoms with Gasteiger partial charge >= 0.3 is 11.9 Å². The Bertz CT molecular complexity index is 1100. The second-order valence-electron chi connectivity index (χ2n) is 6.87. The van der Waals surface area contributed by atoms with Gasteiger partial charge in [0.05, 0.1) is 18.9 Å². The van der Waals surface area contributed by atoms with Crippen molar-refractivity contribution < 1.29 is 28.2 Å². The number of nitrogens with zero attached hydrogens (tertiary/aromatic N) is 1. The van der Waals surface area contributed by atoms with Crippen LogP contribution in [0, 0.1) is 6.92 Å². The van der Waals surface area contributed by atoms with Crippen LogP contribution in [0.25, 0.3) is 17.5 Å². The van der Waals surface area contributed by atoms with Gasteiger partial charge in [0.2, 0.25) is 5.89 Å². The van der Waals surface area contributed by atoms with Crippen LogP contribution in [-0.2, 0) is 20.7 Å². The largest absolute Gasteiger partial charge is 0.493 e. The minimum atomic E-state index is -0.473. The molecular weight excluding hydrogens is 410 g/mol. The van der Waals surface area contributed by atoms with Crippen molar-refractivity contribution in [3.05, 3.63) is 71.6 Å². The molecule has 0 aliphatic carbocycles. The first-order valence-electron chi connectivity index (χ1n) is 10.3. The maximum atomic E-state index is 11.6. The second kappa shape index (κ2) is 10.9. The van der Waals surface area contributed by atoms with Gasteiger partial charge in [0.1, 0.15) is 17.3 Å². The topological polar surface area (TPSA) is 87.9 Å². The molecule has 0 N–H and O–H groups in total. The highest BCUT2D eigenvalue weighted by molar-refractivity contribution is 5.88. The zero-order valence-electron chi connectivity index (χ0n) is 18.3. The Balaban J connectivity index is 1.67. The number of benzene rings is 2. The van der Waals surface area contributed by atoms with Crippen molar-refractivity contribution in [1.29, 1.82) is 0 Å². The monoisotopic (exact) mass is 435 g/mol. The predicted octanol–water partition coefficient (Wildman–Crippen LogP) is 4.77. The molecule has 1 aromatic heterocycles. The first-order chi connectivity index (χ1) is 15.5. The molecule has 7 nitrogen and oxygen atoms in total. The van der Waals surface area contributed by atoms with E-state index in [2.05, 4.69) is 4.98 Å². The summed E-state index contributed by atoms with van der Waals surface area (Å²) in [5.41, 5.74) is 2.29. The van der Waals surface area contributed by atoms with Crippen LogP contribution in [0.2, 0.25) is 0 Å². The Labute approximate surface area is 186 Å². The van der Waals surface area contributed by atoms with Crippen LogP contribution in [0.1, 0.15) is 30.9 Å². The van der Waals surface area contributed by atoms with Crippen molar-refractivity contribution in [2.75, 3.05) is 13.2 Å². The average molecular weight is 435 g/mol. The molecule has 0 aliphatic rings. The van der Waals surface area contributed by atoms with Crippen LogP contribution in [-0.4, -0.2) is 30.1 Å². The molecule has 3 rings (SSSR count). The van der Waals surface area contributed by atoms with Gasteiger partial charge < -0.3 is 18.6 Å². The van der Waals surface area contributed by atoms with Crippen molar-refractivity contribution in [2.45, 2.75) is 27.2 Å². The fraction of sp³-hybridized carbons (Fsp3) is 0.240. The molecule has 3 aromatic rings. The Morgan fingerprint density at radius 2 is 1.91 bits per heavy atom. The van der Waals surface area contributed by atoms with Gasteiger partial charge in [-0.25, -0.2) is 9.78 Å². The van der Waals surface area contributed by atoms with Crippen LogP contribution < -0.4 is 9.47 Å². The average Bonchev–Trinajstić information content (AvgIpc) is 3.14. The van der Waals surface area contributed by atoms with Gasteiger partial charge in [-0.3, -0.25) is 4.79 Å². The summed E-state index contributed by atoms with van der Waals surface area (Å²) >= 11 is 0. The summed E-state index contributed by atoms with van der Waals surface area (Å²) in [5.74, 6) is 1.19. The van der Waals surface area contributed by atoms with Crippen molar-refractivity contribution in [3.8, 4) is 23.0 Å². The lowest BCUT2D eigenvalue weighted by Crippen LogP contribution is -2.05. The molecule has 32 heavy (non-hydrogen) atoms. The molecule has 0 saturated carbocycles. The highest BCUT2D eigenvalue weighted by atomic mass is 16.5. The summed E-state index contributed by atoms with van der Waals surface area (Å²) in [7, 11) is 0. The van der Waals surface area contributed by atoms with Crippen LogP contribution in [0.5, 0.6) is 11.5 Å². The molecule has 0 aliphatic heterocycles. The van der Waals surface area contributed by atoms with E-state index >= 15 is 0 Å². The molecule has 0 spiro atoms. The summed E-state index contributed by atoms with van der Waals surface area (Å²) in [6, 6.07) is 14.8. The maximum absolute atomic E-state index is 11.6. The van der Waals surface area contributed by atoms with E-state index in [1.165, 1.54) is 19.1 Å². The summed E-state index contributed by atoms with van der Waals surface area (Å²) in [4.78, 5) is 27.6. The first-order valence-corrected chi connectivity index (χ1v) is 10.3. The molecule has 0 fully saturated rings. The highest BCUT2D eigenvalue weighted by Crippen LogP contribution is 2.27. The van der Waals surface area contributed by atoms with Crippen molar-refractivity contribution >= 4 is 18.0 Å². The minimum absolute atomic E-state index is 0.282. The third kappa shape index (κ3) is 6.31. The van der Waals surface area contributed by atoms with E-state index in [1.807, 2.05) is 37.3 Å². The standard InChI is InChI=1S/C25H25NO6/c1-4-29-24(28)13-11-19-10-12-21(16-23(19)32-18(3)27)30-15-14-22-17(2)31-25(26-22)20-8-6-5-7-9-20/h5-13,16H,4,14-15H2,1-3H3. The zero-order chi connectivity index (χ0) is 22.9. The molecule has 2 aromatic carbocycles. The second-order valence-corrected chi connectivity index (χ2v) is 6.87. The van der Waals surface area contributed by atoms with Gasteiger partial charge in [-0.05, 0) is 44.2 Å². The Kier molecular flexibility index (Phi) is 7.80. The van der Waals surface area contributed by atoms with Crippen molar-refractivity contribution in [2.24, 2.45) is 0 Å². The van der Waals surface area contributed by atoms with E-state index in [0.717, 1.165) is 17.0 Å². The minimum Gasteiger partial charge on any atom is -0.493 e. The molecule has 0 saturated heterocycles. The highest BCUT2D eigenvalue weighted by Gasteiger charge is 2.12. The predicted molar refractivity (Wildman–Crippen MR) is 119 cm³/mol. The third-order valence-electron chi connectivity index (χ3n) is 4.45.